The molecule has 19 heavy (non-hydrogen) atoms. The zero-order valence-corrected chi connectivity index (χ0v) is 10.9. The van der Waals surface area contributed by atoms with Crippen LogP contribution in [0.1, 0.15) is 30.9 Å². The summed E-state index contributed by atoms with van der Waals surface area (Å²) in [7, 11) is 0. The van der Waals surface area contributed by atoms with Gasteiger partial charge < -0.3 is 10.5 Å². The SMILES string of the molecule is CCCCOC(=O)C1(C(N)=O)NCc2ccccc21. The molecule has 5 heteroatoms. The Kier molecular flexibility index (Phi) is 3.85. The highest BCUT2D eigenvalue weighted by molar-refractivity contribution is 6.08. The summed E-state index contributed by atoms with van der Waals surface area (Å²) in [6, 6.07) is 7.25. The molecule has 1 aromatic carbocycles. The normalized spacial score (nSPS) is 20.9. The van der Waals surface area contributed by atoms with E-state index >= 15 is 0 Å². The van der Waals surface area contributed by atoms with Crippen LogP contribution in [0.3, 0.4) is 0 Å². The molecule has 1 unspecified atom stereocenters. The first-order valence-corrected chi connectivity index (χ1v) is 6.43. The van der Waals surface area contributed by atoms with Gasteiger partial charge in [0.15, 0.2) is 0 Å². The van der Waals surface area contributed by atoms with Crippen LogP contribution in [0.5, 0.6) is 0 Å². The number of rotatable bonds is 5. The number of amides is 1. The highest BCUT2D eigenvalue weighted by Crippen LogP contribution is 2.32. The van der Waals surface area contributed by atoms with Crippen LogP contribution in [-0.2, 0) is 26.4 Å². The van der Waals surface area contributed by atoms with Crippen molar-refractivity contribution in [2.75, 3.05) is 6.61 Å². The van der Waals surface area contributed by atoms with Gasteiger partial charge in [-0.25, -0.2) is 4.79 Å². The van der Waals surface area contributed by atoms with Crippen molar-refractivity contribution in [2.24, 2.45) is 5.73 Å². The lowest BCUT2D eigenvalue weighted by Crippen LogP contribution is -2.55. The number of nitrogens with one attached hydrogen (secondary N) is 1. The highest BCUT2D eigenvalue weighted by atomic mass is 16.5. The minimum Gasteiger partial charge on any atom is -0.464 e. The fraction of sp³-hybridized carbons (Fsp3) is 0.429. The molecule has 1 heterocycles. The highest BCUT2D eigenvalue weighted by Gasteiger charge is 2.51. The molecule has 1 amide bonds. The summed E-state index contributed by atoms with van der Waals surface area (Å²) in [4.78, 5) is 24.1. The third-order valence-electron chi connectivity index (χ3n) is 3.37. The van der Waals surface area contributed by atoms with Crippen LogP contribution in [0.4, 0.5) is 0 Å². The summed E-state index contributed by atoms with van der Waals surface area (Å²) in [6.07, 6.45) is 1.68. The summed E-state index contributed by atoms with van der Waals surface area (Å²) in [5.74, 6) is -1.34. The van der Waals surface area contributed by atoms with Crippen molar-refractivity contribution in [3.05, 3.63) is 35.4 Å². The van der Waals surface area contributed by atoms with Gasteiger partial charge in [0, 0.05) is 6.54 Å². The van der Waals surface area contributed by atoms with Crippen LogP contribution in [0.2, 0.25) is 0 Å². The number of benzene rings is 1. The second kappa shape index (κ2) is 5.40. The molecule has 0 bridgehead atoms. The van der Waals surface area contributed by atoms with Gasteiger partial charge in [0.2, 0.25) is 5.54 Å². The first-order chi connectivity index (χ1) is 9.13. The molecule has 2 rings (SSSR count). The van der Waals surface area contributed by atoms with Gasteiger partial charge in [-0.15, -0.1) is 0 Å². The van der Waals surface area contributed by atoms with E-state index < -0.39 is 17.4 Å². The predicted molar refractivity (Wildman–Crippen MR) is 70.0 cm³/mol. The number of nitrogens with two attached hydrogens (primary N) is 1. The molecule has 0 aliphatic carbocycles. The molecule has 0 aromatic heterocycles. The maximum atomic E-state index is 12.3. The number of fused-ring (bicyclic) bond motifs is 1. The molecular formula is C14H18N2O3. The van der Waals surface area contributed by atoms with E-state index in [0.717, 1.165) is 18.4 Å². The number of ether oxygens (including phenoxy) is 1. The Labute approximate surface area is 112 Å². The van der Waals surface area contributed by atoms with Crippen LogP contribution < -0.4 is 11.1 Å². The molecule has 0 fully saturated rings. The van der Waals surface area contributed by atoms with Crippen LogP contribution in [0.25, 0.3) is 0 Å². The van der Waals surface area contributed by atoms with Crippen molar-refractivity contribution in [1.29, 1.82) is 0 Å². The van der Waals surface area contributed by atoms with Gasteiger partial charge in [0.25, 0.3) is 5.91 Å². The Morgan fingerprint density at radius 1 is 1.42 bits per heavy atom. The molecule has 1 atom stereocenters. The fourth-order valence-electron chi connectivity index (χ4n) is 2.28. The van der Waals surface area contributed by atoms with Gasteiger partial charge in [-0.1, -0.05) is 37.6 Å². The first kappa shape index (κ1) is 13.5. The van der Waals surface area contributed by atoms with Gasteiger partial charge >= 0.3 is 5.97 Å². The minimum atomic E-state index is -1.54. The lowest BCUT2D eigenvalue weighted by molar-refractivity contribution is -0.156. The standard InChI is InChI=1S/C14H18N2O3/c1-2-3-8-19-13(18)14(12(15)17)11-7-5-4-6-10(11)9-16-14/h4-7,16H,2-3,8-9H2,1H3,(H2,15,17). The van der Waals surface area contributed by atoms with E-state index in [-0.39, 0.29) is 0 Å². The monoisotopic (exact) mass is 262 g/mol. The van der Waals surface area contributed by atoms with Crippen molar-refractivity contribution >= 4 is 11.9 Å². The smallest absolute Gasteiger partial charge is 0.340 e. The average Bonchev–Trinajstić information content (AvgIpc) is 2.79. The van der Waals surface area contributed by atoms with E-state index in [1.165, 1.54) is 0 Å². The van der Waals surface area contributed by atoms with Crippen molar-refractivity contribution in [3.8, 4) is 0 Å². The Morgan fingerprint density at radius 2 is 2.16 bits per heavy atom. The lowest BCUT2D eigenvalue weighted by atomic mass is 9.90. The number of carbonyl (C=O) groups excluding carboxylic acids is 2. The average molecular weight is 262 g/mol. The molecule has 1 aromatic rings. The topological polar surface area (TPSA) is 81.4 Å². The maximum Gasteiger partial charge on any atom is 0.340 e. The second-order valence-corrected chi connectivity index (χ2v) is 4.61. The van der Waals surface area contributed by atoms with Crippen LogP contribution >= 0.6 is 0 Å². The van der Waals surface area contributed by atoms with Gasteiger partial charge in [0.05, 0.1) is 6.61 Å². The minimum absolute atomic E-state index is 0.300. The van der Waals surface area contributed by atoms with E-state index in [2.05, 4.69) is 5.32 Å². The molecule has 102 valence electrons. The van der Waals surface area contributed by atoms with E-state index in [1.54, 1.807) is 12.1 Å². The van der Waals surface area contributed by atoms with Gasteiger partial charge in [0.1, 0.15) is 0 Å². The molecule has 0 radical (unpaired) electrons. The summed E-state index contributed by atoms with van der Waals surface area (Å²) >= 11 is 0. The number of hydrogen-bond acceptors (Lipinski definition) is 4. The Hall–Kier alpha value is -1.88. The van der Waals surface area contributed by atoms with E-state index in [4.69, 9.17) is 10.5 Å². The van der Waals surface area contributed by atoms with Crippen molar-refractivity contribution in [2.45, 2.75) is 31.8 Å². The first-order valence-electron chi connectivity index (χ1n) is 6.43. The third-order valence-corrected chi connectivity index (χ3v) is 3.37. The van der Waals surface area contributed by atoms with Gasteiger partial charge in [-0.05, 0) is 17.5 Å². The number of carbonyl (C=O) groups is 2. The summed E-state index contributed by atoms with van der Waals surface area (Å²) in [5, 5.41) is 2.91. The van der Waals surface area contributed by atoms with Crippen LogP contribution in [-0.4, -0.2) is 18.5 Å². The third kappa shape index (κ3) is 2.21. The molecule has 1 aliphatic heterocycles. The predicted octanol–water partition coefficient (Wildman–Crippen LogP) is 0.814. The fourth-order valence-corrected chi connectivity index (χ4v) is 2.28. The Morgan fingerprint density at radius 3 is 2.84 bits per heavy atom. The molecule has 5 nitrogen and oxygen atoms in total. The maximum absolute atomic E-state index is 12.3. The second-order valence-electron chi connectivity index (χ2n) is 4.61. The lowest BCUT2D eigenvalue weighted by Gasteiger charge is -2.24. The van der Waals surface area contributed by atoms with Gasteiger partial charge in [-0.2, -0.15) is 0 Å². The zero-order chi connectivity index (χ0) is 13.9. The van der Waals surface area contributed by atoms with Crippen LogP contribution in [0.15, 0.2) is 24.3 Å². The summed E-state index contributed by atoms with van der Waals surface area (Å²) < 4.78 is 5.19. The van der Waals surface area contributed by atoms with Crippen LogP contribution in [0, 0.1) is 0 Å². The number of unbranched alkanes of at least 4 members (excludes halogenated alkanes) is 1. The number of primary amides is 1. The van der Waals surface area contributed by atoms with Gasteiger partial charge in [-0.3, -0.25) is 10.1 Å². The Bertz CT molecular complexity index is 501. The van der Waals surface area contributed by atoms with E-state index in [1.807, 2.05) is 19.1 Å². The zero-order valence-electron chi connectivity index (χ0n) is 10.9. The largest absolute Gasteiger partial charge is 0.464 e. The van der Waals surface area contributed by atoms with Crippen molar-refractivity contribution in [3.63, 3.8) is 0 Å². The molecule has 0 saturated heterocycles. The van der Waals surface area contributed by atoms with Crippen molar-refractivity contribution < 1.29 is 14.3 Å². The number of hydrogen-bond donors (Lipinski definition) is 2. The van der Waals surface area contributed by atoms with E-state index in [9.17, 15) is 9.59 Å². The molecule has 0 spiro atoms. The number of esters is 1. The quantitative estimate of drug-likeness (QED) is 0.467. The van der Waals surface area contributed by atoms with E-state index in [0.29, 0.717) is 18.7 Å². The Balaban J connectivity index is 2.31. The summed E-state index contributed by atoms with van der Waals surface area (Å²) in [5.41, 5.74) is 5.41. The molecule has 0 saturated carbocycles. The molecule has 1 aliphatic rings. The summed E-state index contributed by atoms with van der Waals surface area (Å²) in [6.45, 7) is 2.73. The molecule has 3 N–H and O–H groups in total. The molecular weight excluding hydrogens is 244 g/mol. The van der Waals surface area contributed by atoms with Crippen molar-refractivity contribution in [1.82, 2.24) is 5.32 Å².